The number of sulfonamides is 1. The third-order valence-electron chi connectivity index (χ3n) is 6.22. The summed E-state index contributed by atoms with van der Waals surface area (Å²) in [5.41, 5.74) is 2.03. The number of anilines is 1. The number of ether oxygens (including phenoxy) is 1. The standard InChI is InChI=1S/C24H24ClNO5S/c1-3-32(29,30)26-17-9-7-8-16(13-17)19-12-15(2)18(14-20(19)25)21-22(27)24(31-23(21)28)10-5-4-6-11-24/h3,7-9,12-14,21,26H,1,4-6,10-11H2,2H3. The first kappa shape index (κ1) is 22.6. The smallest absolute Gasteiger partial charge is 0.322 e. The number of carbonyl (C=O) groups excluding carboxylic acids is 2. The normalized spacial score (nSPS) is 20.2. The van der Waals surface area contributed by atoms with Crippen LogP contribution in [0.4, 0.5) is 5.69 Å². The lowest BCUT2D eigenvalue weighted by Gasteiger charge is -2.29. The van der Waals surface area contributed by atoms with Gasteiger partial charge in [0, 0.05) is 21.7 Å². The van der Waals surface area contributed by atoms with E-state index in [0.717, 1.165) is 30.2 Å². The Morgan fingerprint density at radius 2 is 1.88 bits per heavy atom. The fourth-order valence-electron chi connectivity index (χ4n) is 4.60. The molecule has 0 amide bonds. The molecule has 1 saturated heterocycles. The van der Waals surface area contributed by atoms with E-state index in [4.69, 9.17) is 16.3 Å². The second-order valence-electron chi connectivity index (χ2n) is 8.36. The summed E-state index contributed by atoms with van der Waals surface area (Å²) in [6, 6.07) is 10.3. The highest BCUT2D eigenvalue weighted by molar-refractivity contribution is 7.95. The van der Waals surface area contributed by atoms with Crippen LogP contribution in [0, 0.1) is 6.92 Å². The lowest BCUT2D eigenvalue weighted by atomic mass is 9.77. The van der Waals surface area contributed by atoms with Gasteiger partial charge in [-0.25, -0.2) is 8.42 Å². The van der Waals surface area contributed by atoms with Crippen LogP contribution >= 0.6 is 11.6 Å². The van der Waals surface area contributed by atoms with E-state index >= 15 is 0 Å². The topological polar surface area (TPSA) is 89.5 Å². The molecule has 1 atom stereocenters. The predicted octanol–water partition coefficient (Wildman–Crippen LogP) is 5.11. The average Bonchev–Trinajstić information content (AvgIpc) is 2.99. The molecule has 0 aromatic heterocycles. The number of carbonyl (C=O) groups is 2. The van der Waals surface area contributed by atoms with Gasteiger partial charge in [-0.3, -0.25) is 14.3 Å². The summed E-state index contributed by atoms with van der Waals surface area (Å²) >= 11 is 6.58. The molecule has 1 spiro atoms. The molecule has 168 valence electrons. The molecular weight excluding hydrogens is 450 g/mol. The SMILES string of the molecule is C=CS(=O)(=O)Nc1cccc(-c2cc(C)c(C3C(=O)OC4(CCCCC4)C3=O)cc2Cl)c1. The maximum Gasteiger partial charge on any atom is 0.322 e. The minimum atomic E-state index is -3.64. The van der Waals surface area contributed by atoms with Gasteiger partial charge in [0.2, 0.25) is 0 Å². The number of aryl methyl sites for hydroxylation is 1. The number of halogens is 1. The Hall–Kier alpha value is -2.64. The summed E-state index contributed by atoms with van der Waals surface area (Å²) in [6.45, 7) is 5.11. The van der Waals surface area contributed by atoms with Crippen LogP contribution in [0.25, 0.3) is 11.1 Å². The van der Waals surface area contributed by atoms with Crippen LogP contribution < -0.4 is 4.72 Å². The zero-order valence-electron chi connectivity index (χ0n) is 17.7. The second-order valence-corrected chi connectivity index (χ2v) is 10.4. The molecule has 1 saturated carbocycles. The summed E-state index contributed by atoms with van der Waals surface area (Å²) in [4.78, 5) is 26.0. The van der Waals surface area contributed by atoms with E-state index in [9.17, 15) is 18.0 Å². The zero-order valence-corrected chi connectivity index (χ0v) is 19.3. The lowest BCUT2D eigenvalue weighted by Crippen LogP contribution is -2.39. The molecule has 6 nitrogen and oxygen atoms in total. The first-order valence-electron chi connectivity index (χ1n) is 10.5. The van der Waals surface area contributed by atoms with Crippen molar-refractivity contribution in [3.63, 3.8) is 0 Å². The number of ketones is 1. The second kappa shape index (κ2) is 8.37. The molecule has 1 aliphatic carbocycles. The van der Waals surface area contributed by atoms with Crippen molar-refractivity contribution in [2.45, 2.75) is 50.5 Å². The summed E-state index contributed by atoms with van der Waals surface area (Å²) in [5.74, 6) is -1.65. The Labute approximate surface area is 192 Å². The molecule has 2 aliphatic rings. The number of benzene rings is 2. The van der Waals surface area contributed by atoms with Gasteiger partial charge in [-0.15, -0.1) is 0 Å². The Bertz CT molecular complexity index is 1210. The van der Waals surface area contributed by atoms with E-state index in [2.05, 4.69) is 11.3 Å². The van der Waals surface area contributed by atoms with Crippen LogP contribution in [0.5, 0.6) is 0 Å². The average molecular weight is 474 g/mol. The van der Waals surface area contributed by atoms with Crippen LogP contribution in [-0.4, -0.2) is 25.8 Å². The quantitative estimate of drug-likeness (QED) is 0.481. The van der Waals surface area contributed by atoms with Crippen molar-refractivity contribution in [1.29, 1.82) is 0 Å². The highest BCUT2D eigenvalue weighted by Crippen LogP contribution is 2.45. The number of nitrogens with one attached hydrogen (secondary N) is 1. The van der Waals surface area contributed by atoms with Gasteiger partial charge in [-0.2, -0.15) is 0 Å². The van der Waals surface area contributed by atoms with Crippen molar-refractivity contribution in [3.05, 3.63) is 64.5 Å². The molecule has 2 aromatic carbocycles. The third-order valence-corrected chi connectivity index (χ3v) is 7.50. The maximum atomic E-state index is 13.3. The summed E-state index contributed by atoms with van der Waals surface area (Å²) in [5, 5.41) is 1.20. The largest absolute Gasteiger partial charge is 0.450 e. The highest BCUT2D eigenvalue weighted by atomic mass is 35.5. The van der Waals surface area contributed by atoms with Gasteiger partial charge in [0.05, 0.1) is 0 Å². The maximum absolute atomic E-state index is 13.3. The van der Waals surface area contributed by atoms with Gasteiger partial charge in [0.1, 0.15) is 5.92 Å². The zero-order chi connectivity index (χ0) is 23.1. The van der Waals surface area contributed by atoms with Crippen molar-refractivity contribution >= 4 is 39.1 Å². The van der Waals surface area contributed by atoms with Gasteiger partial charge in [-0.05, 0) is 73.6 Å². The van der Waals surface area contributed by atoms with Crippen molar-refractivity contribution in [2.75, 3.05) is 4.72 Å². The number of Topliss-reactive ketones (excluding diaryl/α,β-unsaturated/α-hetero) is 1. The molecule has 4 rings (SSSR count). The number of esters is 1. The predicted molar refractivity (Wildman–Crippen MR) is 124 cm³/mol. The fraction of sp³-hybridized carbons (Fsp3) is 0.333. The molecule has 1 N–H and O–H groups in total. The van der Waals surface area contributed by atoms with Crippen molar-refractivity contribution in [3.8, 4) is 11.1 Å². The van der Waals surface area contributed by atoms with Crippen LogP contribution in [0.2, 0.25) is 5.02 Å². The molecule has 0 radical (unpaired) electrons. The monoisotopic (exact) mass is 473 g/mol. The van der Waals surface area contributed by atoms with Crippen molar-refractivity contribution in [2.24, 2.45) is 0 Å². The first-order chi connectivity index (χ1) is 15.2. The minimum absolute atomic E-state index is 0.171. The lowest BCUT2D eigenvalue weighted by molar-refractivity contribution is -0.154. The molecule has 2 aromatic rings. The van der Waals surface area contributed by atoms with Crippen molar-refractivity contribution in [1.82, 2.24) is 0 Å². The first-order valence-corrected chi connectivity index (χ1v) is 12.4. The molecule has 2 fully saturated rings. The van der Waals surface area contributed by atoms with E-state index in [-0.39, 0.29) is 5.78 Å². The van der Waals surface area contributed by atoms with E-state index in [1.807, 2.05) is 13.0 Å². The molecule has 32 heavy (non-hydrogen) atoms. The number of rotatable bonds is 5. The van der Waals surface area contributed by atoms with Crippen LogP contribution in [0.15, 0.2) is 48.4 Å². The highest BCUT2D eigenvalue weighted by Gasteiger charge is 2.55. The molecule has 1 heterocycles. The van der Waals surface area contributed by atoms with E-state index in [0.29, 0.717) is 40.2 Å². The Kier molecular flexibility index (Phi) is 5.90. The molecular formula is C24H24ClNO5S. The van der Waals surface area contributed by atoms with Gasteiger partial charge >= 0.3 is 5.97 Å². The van der Waals surface area contributed by atoms with Crippen LogP contribution in [0.1, 0.15) is 49.1 Å². The Morgan fingerprint density at radius 1 is 1.16 bits per heavy atom. The van der Waals surface area contributed by atoms with E-state index in [1.165, 1.54) is 0 Å². The molecule has 1 unspecified atom stereocenters. The Balaban J connectivity index is 1.69. The van der Waals surface area contributed by atoms with Crippen LogP contribution in [-0.2, 0) is 24.3 Å². The van der Waals surface area contributed by atoms with E-state index in [1.54, 1.807) is 30.3 Å². The Morgan fingerprint density at radius 3 is 2.56 bits per heavy atom. The minimum Gasteiger partial charge on any atom is -0.450 e. The summed E-state index contributed by atoms with van der Waals surface area (Å²) < 4.78 is 31.6. The summed E-state index contributed by atoms with van der Waals surface area (Å²) in [6.07, 6.45) is 3.93. The van der Waals surface area contributed by atoms with Gasteiger partial charge in [-0.1, -0.05) is 36.7 Å². The van der Waals surface area contributed by atoms with Crippen molar-refractivity contribution < 1.29 is 22.7 Å². The summed E-state index contributed by atoms with van der Waals surface area (Å²) in [7, 11) is -3.64. The molecule has 0 bridgehead atoms. The molecule has 1 aliphatic heterocycles. The van der Waals surface area contributed by atoms with Gasteiger partial charge in [0.15, 0.2) is 11.4 Å². The molecule has 8 heteroatoms. The van der Waals surface area contributed by atoms with Crippen LogP contribution in [0.3, 0.4) is 0 Å². The fourth-order valence-corrected chi connectivity index (χ4v) is 5.42. The van der Waals surface area contributed by atoms with Gasteiger partial charge in [0.25, 0.3) is 10.0 Å². The van der Waals surface area contributed by atoms with E-state index < -0.39 is 27.5 Å². The number of hydrogen-bond acceptors (Lipinski definition) is 5. The van der Waals surface area contributed by atoms with Gasteiger partial charge < -0.3 is 4.74 Å². The third kappa shape index (κ3) is 4.07. The number of hydrogen-bond donors (Lipinski definition) is 1.